The third kappa shape index (κ3) is 1.76. The third-order valence-corrected chi connectivity index (χ3v) is 11.2. The molecular weight excluding hydrogens is 312 g/mol. The summed E-state index contributed by atoms with van der Waals surface area (Å²) < 4.78 is 12.1. The van der Waals surface area contributed by atoms with Crippen molar-refractivity contribution >= 4 is 20.3 Å². The average molecular weight is 338 g/mol. The predicted molar refractivity (Wildman–Crippen MR) is 87.4 cm³/mol. The summed E-state index contributed by atoms with van der Waals surface area (Å²) in [5.41, 5.74) is -1.58. The number of carboxylic acid groups (broad SMARTS) is 1. The number of rotatable bonds is 3. The number of ether oxygens (including phenoxy) is 1. The Bertz CT molecular complexity index is 619. The van der Waals surface area contributed by atoms with Crippen molar-refractivity contribution in [2.45, 2.75) is 64.0 Å². The quantitative estimate of drug-likeness (QED) is 0.371. The van der Waals surface area contributed by atoms with Crippen molar-refractivity contribution in [2.75, 3.05) is 0 Å². The van der Waals surface area contributed by atoms with E-state index >= 15 is 0 Å². The first-order valence-corrected chi connectivity index (χ1v) is 11.0. The van der Waals surface area contributed by atoms with Gasteiger partial charge in [0.05, 0.1) is 5.60 Å². The normalized spacial score (nSPS) is 42.3. The standard InChI is InChI=1S/C17H26O5Si/c1-9-11-12-10(21-14(20)17(9,12)13(18)19)8-16(11,5)22-23(6,7)15(2,3)4/h10-12H,1,8H2,2-7H3,(H,18,19)/t10-,11-,12-,16-,17+/m0/s1. The monoisotopic (exact) mass is 338 g/mol. The molecular formula is C17H26O5Si. The fourth-order valence-electron chi connectivity index (χ4n) is 4.55. The van der Waals surface area contributed by atoms with Gasteiger partial charge in [-0.3, -0.25) is 9.59 Å². The van der Waals surface area contributed by atoms with E-state index in [1.807, 2.05) is 6.92 Å². The molecule has 5 nitrogen and oxygen atoms in total. The van der Waals surface area contributed by atoms with Crippen molar-refractivity contribution in [3.63, 3.8) is 0 Å². The molecule has 3 aliphatic rings. The summed E-state index contributed by atoms with van der Waals surface area (Å²) in [5.74, 6) is -2.23. The molecule has 1 heterocycles. The molecule has 0 aromatic rings. The average Bonchev–Trinajstić information content (AvgIpc) is 2.68. The number of hydrogen-bond donors (Lipinski definition) is 1. The van der Waals surface area contributed by atoms with Crippen LogP contribution in [0.2, 0.25) is 18.1 Å². The first-order chi connectivity index (χ1) is 10.3. The molecule has 128 valence electrons. The molecule has 1 aliphatic heterocycles. The maximum atomic E-state index is 12.2. The highest BCUT2D eigenvalue weighted by molar-refractivity contribution is 6.74. The maximum absolute atomic E-state index is 12.2. The molecule has 3 fully saturated rings. The van der Waals surface area contributed by atoms with E-state index in [9.17, 15) is 14.7 Å². The van der Waals surface area contributed by atoms with Gasteiger partial charge in [-0.15, -0.1) is 0 Å². The molecule has 0 spiro atoms. The molecule has 1 N–H and O–H groups in total. The number of carbonyl (C=O) groups excluding carboxylic acids is 1. The lowest BCUT2D eigenvalue weighted by molar-refractivity contribution is -0.168. The molecule has 2 saturated carbocycles. The smallest absolute Gasteiger partial charge is 0.328 e. The summed E-state index contributed by atoms with van der Waals surface area (Å²) in [5, 5.41) is 9.69. The zero-order chi connectivity index (χ0) is 17.6. The predicted octanol–water partition coefficient (Wildman–Crippen LogP) is 2.97. The van der Waals surface area contributed by atoms with E-state index in [2.05, 4.69) is 40.4 Å². The van der Waals surface area contributed by atoms with Crippen LogP contribution in [-0.2, 0) is 18.8 Å². The summed E-state index contributed by atoms with van der Waals surface area (Å²) in [4.78, 5) is 23.9. The van der Waals surface area contributed by atoms with Crippen molar-refractivity contribution < 1.29 is 23.9 Å². The number of carboxylic acids is 1. The molecule has 0 amide bonds. The Hall–Kier alpha value is -1.14. The number of esters is 1. The molecule has 23 heavy (non-hydrogen) atoms. The molecule has 1 saturated heterocycles. The van der Waals surface area contributed by atoms with Crippen LogP contribution >= 0.6 is 0 Å². The van der Waals surface area contributed by atoms with Crippen LogP contribution in [0.25, 0.3) is 0 Å². The second-order valence-electron chi connectivity index (χ2n) is 8.96. The van der Waals surface area contributed by atoms with Crippen LogP contribution in [0.3, 0.4) is 0 Å². The maximum Gasteiger partial charge on any atom is 0.328 e. The van der Waals surface area contributed by atoms with Gasteiger partial charge >= 0.3 is 11.9 Å². The topological polar surface area (TPSA) is 72.8 Å². The molecule has 0 unspecified atom stereocenters. The van der Waals surface area contributed by atoms with Crippen molar-refractivity contribution in [3.8, 4) is 0 Å². The van der Waals surface area contributed by atoms with Crippen LogP contribution in [0.5, 0.6) is 0 Å². The zero-order valence-corrected chi connectivity index (χ0v) is 15.7. The Balaban J connectivity index is 1.96. The molecule has 3 rings (SSSR count). The highest BCUT2D eigenvalue weighted by Crippen LogP contribution is 2.71. The fourth-order valence-corrected chi connectivity index (χ4v) is 6.23. The van der Waals surface area contributed by atoms with Crippen LogP contribution < -0.4 is 0 Å². The molecule has 5 atom stereocenters. The van der Waals surface area contributed by atoms with Crippen molar-refractivity contribution in [3.05, 3.63) is 12.2 Å². The van der Waals surface area contributed by atoms with Gasteiger partial charge in [0.15, 0.2) is 13.7 Å². The van der Waals surface area contributed by atoms with Crippen LogP contribution in [0, 0.1) is 17.3 Å². The Kier molecular flexibility index (Phi) is 3.11. The second kappa shape index (κ2) is 4.28. The van der Waals surface area contributed by atoms with Crippen LogP contribution in [-0.4, -0.2) is 37.1 Å². The fraction of sp³-hybridized carbons (Fsp3) is 0.765. The van der Waals surface area contributed by atoms with Gasteiger partial charge in [-0.1, -0.05) is 27.4 Å². The number of hydrogen-bond acceptors (Lipinski definition) is 4. The van der Waals surface area contributed by atoms with E-state index in [1.165, 1.54) is 0 Å². The van der Waals surface area contributed by atoms with E-state index in [1.54, 1.807) is 0 Å². The van der Waals surface area contributed by atoms with Gasteiger partial charge in [-0.05, 0) is 30.6 Å². The minimum absolute atomic E-state index is 0.0549. The second-order valence-corrected chi connectivity index (χ2v) is 13.7. The molecule has 0 aromatic heterocycles. The minimum Gasteiger partial charge on any atom is -0.480 e. The Morgan fingerprint density at radius 1 is 1.43 bits per heavy atom. The summed E-state index contributed by atoms with van der Waals surface area (Å²) in [6.45, 7) is 16.9. The van der Waals surface area contributed by atoms with Crippen LogP contribution in [0.15, 0.2) is 12.2 Å². The van der Waals surface area contributed by atoms with Gasteiger partial charge in [-0.25, -0.2) is 0 Å². The molecule has 6 heteroatoms. The van der Waals surface area contributed by atoms with Crippen LogP contribution in [0.1, 0.15) is 34.1 Å². The number of carbonyl (C=O) groups is 2. The zero-order valence-electron chi connectivity index (χ0n) is 14.7. The summed E-state index contributed by atoms with van der Waals surface area (Å²) >= 11 is 0. The lowest BCUT2D eigenvalue weighted by Gasteiger charge is -2.53. The lowest BCUT2D eigenvalue weighted by atomic mass is 9.50. The van der Waals surface area contributed by atoms with Gasteiger partial charge in [-0.2, -0.15) is 0 Å². The first kappa shape index (κ1) is 16.7. The van der Waals surface area contributed by atoms with Gasteiger partial charge < -0.3 is 14.3 Å². The minimum atomic E-state index is -2.03. The number of aliphatic carboxylic acids is 1. The highest BCUT2D eigenvalue weighted by Gasteiger charge is 2.81. The highest BCUT2D eigenvalue weighted by atomic mass is 28.4. The lowest BCUT2D eigenvalue weighted by Crippen LogP contribution is -2.62. The molecule has 0 radical (unpaired) electrons. The Morgan fingerprint density at radius 3 is 2.48 bits per heavy atom. The molecule has 0 aromatic carbocycles. The van der Waals surface area contributed by atoms with E-state index in [4.69, 9.17) is 9.16 Å². The molecule has 2 aliphatic carbocycles. The summed E-state index contributed by atoms with van der Waals surface area (Å²) in [7, 11) is -2.03. The van der Waals surface area contributed by atoms with Gasteiger partial charge in [0.2, 0.25) is 0 Å². The van der Waals surface area contributed by atoms with Crippen LogP contribution in [0.4, 0.5) is 0 Å². The largest absolute Gasteiger partial charge is 0.480 e. The Labute approximate surface area is 138 Å². The summed E-state index contributed by atoms with van der Waals surface area (Å²) in [6, 6.07) is 0. The van der Waals surface area contributed by atoms with Gasteiger partial charge in [0, 0.05) is 18.3 Å². The van der Waals surface area contributed by atoms with Crippen molar-refractivity contribution in [1.82, 2.24) is 0 Å². The van der Waals surface area contributed by atoms with Crippen molar-refractivity contribution in [2.24, 2.45) is 17.3 Å². The third-order valence-electron chi connectivity index (χ3n) is 6.62. The van der Waals surface area contributed by atoms with Crippen molar-refractivity contribution in [1.29, 1.82) is 0 Å². The van der Waals surface area contributed by atoms with Gasteiger partial charge in [0.25, 0.3) is 0 Å². The van der Waals surface area contributed by atoms with Gasteiger partial charge in [0.1, 0.15) is 6.10 Å². The first-order valence-electron chi connectivity index (χ1n) is 8.13. The molecule has 0 bridgehead atoms. The SMILES string of the molecule is C=C1[C@H]2[C@@H]3[C@H](C[C@]2(C)O[Si](C)(C)C(C)(C)C)OC(=O)[C@]13C(=O)O. The summed E-state index contributed by atoms with van der Waals surface area (Å²) in [6.07, 6.45) is 0.179. The Morgan fingerprint density at radius 2 is 2.00 bits per heavy atom. The van der Waals surface area contributed by atoms with E-state index in [0.717, 1.165) is 0 Å². The van der Waals surface area contributed by atoms with E-state index in [-0.39, 0.29) is 23.0 Å². The van der Waals surface area contributed by atoms with E-state index in [0.29, 0.717) is 12.0 Å². The van der Waals surface area contributed by atoms with E-state index < -0.39 is 31.3 Å².